The first-order valence-electron chi connectivity index (χ1n) is 19.7. The zero-order valence-corrected chi connectivity index (χ0v) is 35.6. The molecule has 0 spiro atoms. The number of unbranched alkanes of at least 4 members (excludes halogenated alkanes) is 8. The maximum atomic E-state index is 14.7. The van der Waals surface area contributed by atoms with Crippen molar-refractivity contribution in [2.45, 2.75) is 157 Å². The van der Waals surface area contributed by atoms with E-state index in [0.29, 0.717) is 68.3 Å². The summed E-state index contributed by atoms with van der Waals surface area (Å²) in [6.45, 7) is 15.3. The van der Waals surface area contributed by atoms with E-state index < -0.39 is 5.60 Å². The van der Waals surface area contributed by atoms with Gasteiger partial charge in [-0.05, 0) is 114 Å². The molecule has 2 aliphatic rings. The van der Waals surface area contributed by atoms with E-state index >= 15 is 0 Å². The molecular formula is C42H64Br2N2O5. The summed E-state index contributed by atoms with van der Waals surface area (Å²) >= 11 is 6.94. The molecule has 2 amide bonds. The van der Waals surface area contributed by atoms with Crippen molar-refractivity contribution in [2.75, 3.05) is 13.1 Å². The second-order valence-corrected chi connectivity index (χ2v) is 16.9. The second kappa shape index (κ2) is 21.6. The van der Waals surface area contributed by atoms with Gasteiger partial charge in [0.1, 0.15) is 11.4 Å². The number of furan rings is 2. The summed E-state index contributed by atoms with van der Waals surface area (Å²) in [5.74, 6) is 1.54. The molecule has 2 atom stereocenters. The quantitative estimate of drug-likeness (QED) is 0.119. The van der Waals surface area contributed by atoms with Gasteiger partial charge in [-0.15, -0.1) is 0 Å². The second-order valence-electron chi connectivity index (χ2n) is 15.4. The van der Waals surface area contributed by atoms with Gasteiger partial charge >= 0.3 is 0 Å². The van der Waals surface area contributed by atoms with Crippen LogP contribution in [0, 0.1) is 11.8 Å². The van der Waals surface area contributed by atoms with E-state index in [4.69, 9.17) is 13.9 Å². The van der Waals surface area contributed by atoms with E-state index in [9.17, 15) is 9.59 Å². The first-order valence-corrected chi connectivity index (χ1v) is 21.3. The summed E-state index contributed by atoms with van der Waals surface area (Å²) in [4.78, 5) is 33.1. The Morgan fingerprint density at radius 1 is 0.588 bits per heavy atom. The molecular weight excluding hydrogens is 772 g/mol. The smallest absolute Gasteiger partial charge is 0.261 e. The molecule has 0 radical (unpaired) electrons. The Morgan fingerprint density at radius 2 is 0.922 bits per heavy atom. The van der Waals surface area contributed by atoms with Gasteiger partial charge in [-0.25, -0.2) is 0 Å². The zero-order chi connectivity index (χ0) is 37.6. The van der Waals surface area contributed by atoms with Crippen molar-refractivity contribution in [3.63, 3.8) is 0 Å². The van der Waals surface area contributed by atoms with E-state index in [0.717, 1.165) is 64.2 Å². The lowest BCUT2D eigenvalue weighted by Crippen LogP contribution is -2.34. The number of fused-ring (bicyclic) bond motifs is 1. The van der Waals surface area contributed by atoms with Crippen LogP contribution in [0.3, 0.4) is 0 Å². The molecule has 0 fully saturated rings. The molecule has 9 heteroatoms. The number of carbonyl (C=O) groups is 2. The van der Waals surface area contributed by atoms with E-state index in [1.807, 2.05) is 34.1 Å². The molecule has 51 heavy (non-hydrogen) atoms. The molecule has 2 aromatic rings. The number of rotatable bonds is 22. The summed E-state index contributed by atoms with van der Waals surface area (Å²) in [5, 5.41) is 8.52. The molecule has 0 bridgehead atoms. The van der Waals surface area contributed by atoms with Crippen LogP contribution in [0.4, 0.5) is 0 Å². The van der Waals surface area contributed by atoms with Crippen LogP contribution in [0.1, 0.15) is 163 Å². The molecule has 1 N–H and O–H groups in total. The van der Waals surface area contributed by atoms with Crippen LogP contribution in [0.2, 0.25) is 0 Å². The normalized spacial score (nSPS) is 16.0. The van der Waals surface area contributed by atoms with E-state index in [1.54, 1.807) is 20.8 Å². The van der Waals surface area contributed by atoms with Crippen LogP contribution < -0.4 is 0 Å². The van der Waals surface area contributed by atoms with Gasteiger partial charge in [0.25, 0.3) is 11.8 Å². The lowest BCUT2D eigenvalue weighted by atomic mass is 9.94. The molecule has 0 aliphatic carbocycles. The Labute approximate surface area is 324 Å². The Morgan fingerprint density at radius 3 is 1.22 bits per heavy atom. The molecule has 2 unspecified atom stereocenters. The molecule has 286 valence electrons. The van der Waals surface area contributed by atoms with Gasteiger partial charge in [-0.1, -0.05) is 105 Å². The minimum atomic E-state index is -0.500. The third kappa shape index (κ3) is 13.1. The van der Waals surface area contributed by atoms with Gasteiger partial charge in [-0.3, -0.25) is 9.59 Å². The largest absolute Gasteiger partial charge is 0.448 e. The predicted molar refractivity (Wildman–Crippen MR) is 216 cm³/mol. The highest BCUT2D eigenvalue weighted by Gasteiger charge is 2.51. The van der Waals surface area contributed by atoms with Gasteiger partial charge in [0.2, 0.25) is 0 Å². The van der Waals surface area contributed by atoms with E-state index in [-0.39, 0.29) is 11.8 Å². The zero-order valence-electron chi connectivity index (χ0n) is 32.4. The molecule has 4 heterocycles. The summed E-state index contributed by atoms with van der Waals surface area (Å²) in [7, 11) is 0. The third-order valence-electron chi connectivity index (χ3n) is 9.54. The molecule has 0 saturated carbocycles. The highest BCUT2D eigenvalue weighted by molar-refractivity contribution is 9.10. The fourth-order valence-corrected chi connectivity index (χ4v) is 7.63. The number of amides is 2. The Hall–Kier alpha value is -2.10. The number of halogens is 2. The summed E-state index contributed by atoms with van der Waals surface area (Å²) in [6, 6.07) is 7.42. The van der Waals surface area contributed by atoms with E-state index in [1.165, 1.54) is 38.5 Å². The van der Waals surface area contributed by atoms with Gasteiger partial charge in [0, 0.05) is 13.1 Å². The van der Waals surface area contributed by atoms with Crippen LogP contribution >= 0.6 is 31.9 Å². The van der Waals surface area contributed by atoms with Gasteiger partial charge in [0.15, 0.2) is 20.9 Å². The minimum Gasteiger partial charge on any atom is -0.448 e. The van der Waals surface area contributed by atoms with Crippen molar-refractivity contribution in [3.05, 3.63) is 56.3 Å². The molecule has 2 aliphatic heterocycles. The number of carbonyl (C=O) groups excluding carboxylic acids is 2. The van der Waals surface area contributed by atoms with Crippen molar-refractivity contribution < 1.29 is 23.5 Å². The molecule has 0 aromatic carbocycles. The number of hydrogen-bond donors (Lipinski definition) is 1. The fraction of sp³-hybridized carbons (Fsp3) is 0.667. The van der Waals surface area contributed by atoms with Crippen molar-refractivity contribution in [1.82, 2.24) is 9.80 Å². The average molecular weight is 837 g/mol. The van der Waals surface area contributed by atoms with Crippen molar-refractivity contribution >= 4 is 55.1 Å². The maximum absolute atomic E-state index is 14.7. The number of aliphatic hydroxyl groups is 1. The van der Waals surface area contributed by atoms with Gasteiger partial charge in [0.05, 0.1) is 16.7 Å². The highest BCUT2D eigenvalue weighted by atomic mass is 79.9. The Bertz CT molecular complexity index is 1340. The third-order valence-corrected chi connectivity index (χ3v) is 10.4. The van der Waals surface area contributed by atoms with Crippen molar-refractivity contribution in [1.29, 1.82) is 0 Å². The first-order chi connectivity index (χ1) is 24.3. The van der Waals surface area contributed by atoms with Gasteiger partial charge < -0.3 is 23.7 Å². The van der Waals surface area contributed by atoms with Crippen LogP contribution in [-0.4, -0.2) is 45.4 Å². The lowest BCUT2D eigenvalue weighted by molar-refractivity contribution is -0.124. The molecule has 4 rings (SSSR count). The molecule has 0 saturated heterocycles. The van der Waals surface area contributed by atoms with Crippen LogP contribution in [-0.2, 0) is 9.59 Å². The molecule has 7 nitrogen and oxygen atoms in total. The van der Waals surface area contributed by atoms with Crippen molar-refractivity contribution in [2.24, 2.45) is 11.8 Å². The number of nitrogens with zero attached hydrogens (tertiary/aromatic N) is 2. The maximum Gasteiger partial charge on any atom is 0.261 e. The average Bonchev–Trinajstić information content (AvgIpc) is 3.83. The molecule has 2 aromatic heterocycles. The number of hydrogen-bond acceptors (Lipinski definition) is 5. The first kappa shape index (κ1) is 43.3. The minimum absolute atomic E-state index is 0.126. The monoisotopic (exact) mass is 834 g/mol. The van der Waals surface area contributed by atoms with Crippen LogP contribution in [0.5, 0.6) is 0 Å². The predicted octanol–water partition coefficient (Wildman–Crippen LogP) is 12.5. The van der Waals surface area contributed by atoms with Crippen molar-refractivity contribution in [3.8, 4) is 0 Å². The summed E-state index contributed by atoms with van der Waals surface area (Å²) in [6.07, 6.45) is 18.3. The van der Waals surface area contributed by atoms with E-state index in [2.05, 4.69) is 59.6 Å². The fourth-order valence-electron chi connectivity index (χ4n) is 7.02. The lowest BCUT2D eigenvalue weighted by Gasteiger charge is -2.29. The Balaban J connectivity index is 0.00000131. The topological polar surface area (TPSA) is 87.1 Å². The van der Waals surface area contributed by atoms with Gasteiger partial charge in [-0.2, -0.15) is 0 Å². The highest BCUT2D eigenvalue weighted by Crippen LogP contribution is 2.48. The summed E-state index contributed by atoms with van der Waals surface area (Å²) in [5.41, 5.74) is 1.61. The SMILES string of the molecule is CC(C)(C)O.CCCCCCC(CCCC)CN1C(=O)C2=C(c3ccc(Br)o3)N(CC(CCCC)CCCCCC)C(=O)C2=C1c1ccc(Br)o1. The summed E-state index contributed by atoms with van der Waals surface area (Å²) < 4.78 is 13.4. The van der Waals surface area contributed by atoms with Crippen LogP contribution in [0.15, 0.2) is 53.6 Å². The van der Waals surface area contributed by atoms with Crippen LogP contribution in [0.25, 0.3) is 11.4 Å². The Kier molecular flexibility index (Phi) is 18.3. The standard InChI is InChI=1S/C38H54Br2N2O4.C4H10O/c1-5-9-13-15-19-27(17-11-7-3)25-41-35(29-21-23-31(39)45-29)33-34(37(41)43)36(30-22-24-32(40)46-30)42(38(33)44)26-28(18-12-8-4)20-16-14-10-6-2;1-4(2,3)5/h21-24,27-28H,5-20,25-26H2,1-4H3;5H,1-3H3.